The predicted octanol–water partition coefficient (Wildman–Crippen LogP) is 3.99. The van der Waals surface area contributed by atoms with Gasteiger partial charge < -0.3 is 24.8 Å². The van der Waals surface area contributed by atoms with E-state index in [1.54, 1.807) is 27.7 Å². The number of amides is 4. The number of carbonyl (C=O) groups excluding carboxylic acids is 4. The van der Waals surface area contributed by atoms with Crippen LogP contribution in [0.3, 0.4) is 0 Å². The van der Waals surface area contributed by atoms with Gasteiger partial charge in [-0.05, 0) is 88.2 Å². The summed E-state index contributed by atoms with van der Waals surface area (Å²) in [5.41, 5.74) is 0.0426. The molecule has 4 aliphatic rings. The lowest BCUT2D eigenvalue weighted by molar-refractivity contribution is -0.141. The van der Waals surface area contributed by atoms with Crippen LogP contribution in [0.1, 0.15) is 92.2 Å². The Labute approximate surface area is 325 Å². The third kappa shape index (κ3) is 7.58. The molecule has 2 aliphatic heterocycles. The number of fused-ring (bicyclic) bond motifs is 3. The second-order valence-electron chi connectivity index (χ2n) is 15.3. The van der Waals surface area contributed by atoms with Crippen LogP contribution in [0, 0.1) is 32.5 Å². The molecule has 0 bridgehead atoms. The third-order valence-corrected chi connectivity index (χ3v) is 14.0. The van der Waals surface area contributed by atoms with Gasteiger partial charge in [-0.25, -0.2) is 22.8 Å². The Morgan fingerprint density at radius 2 is 1.89 bits per heavy atom. The number of hydrogen-bond acceptors (Lipinski definition) is 11. The summed E-state index contributed by atoms with van der Waals surface area (Å²) in [6.07, 6.45) is 6.89. The van der Waals surface area contributed by atoms with Crippen LogP contribution in [0.2, 0.25) is 0 Å². The molecule has 15 nitrogen and oxygen atoms in total. The second kappa shape index (κ2) is 14.6. The minimum atomic E-state index is -4.02. The quantitative estimate of drug-likeness (QED) is 0.291. The van der Waals surface area contributed by atoms with Crippen molar-refractivity contribution in [2.75, 3.05) is 6.54 Å². The van der Waals surface area contributed by atoms with Crippen LogP contribution in [0.5, 0.6) is 5.88 Å². The van der Waals surface area contributed by atoms with Crippen LogP contribution in [0.4, 0.5) is 4.39 Å². The van der Waals surface area contributed by atoms with E-state index in [4.69, 9.17) is 9.26 Å². The lowest BCUT2D eigenvalue weighted by Gasteiger charge is -2.30. The van der Waals surface area contributed by atoms with Crippen molar-refractivity contribution in [3.8, 4) is 5.88 Å². The maximum atomic E-state index is 14.6. The van der Waals surface area contributed by atoms with Gasteiger partial charge in [0, 0.05) is 28.4 Å². The van der Waals surface area contributed by atoms with Gasteiger partial charge in [-0.3, -0.25) is 23.9 Å². The molecule has 3 aromatic rings. The molecule has 2 saturated carbocycles. The Balaban J connectivity index is 1.21. The molecular formula is C37H43BrFN7O8S. The SMILES string of the molecule is Cc1nc2c(Br)cc(F)cc2nc1O[C@@H]1C[C@H]2C(=O)N[C@]3(C(=O)NS(=O)(=O)C4(C)CC4)C[C@H]3/C=C\CCCCC[C@H](NC(=O)c3noc(C)c3C)C(=O)N2C1. The van der Waals surface area contributed by atoms with Gasteiger partial charge >= 0.3 is 0 Å². The van der Waals surface area contributed by atoms with E-state index in [0.29, 0.717) is 52.7 Å². The highest BCUT2D eigenvalue weighted by atomic mass is 79.9. The zero-order valence-electron chi connectivity index (χ0n) is 30.9. The van der Waals surface area contributed by atoms with Gasteiger partial charge in [-0.2, -0.15) is 0 Å². The number of allylic oxidation sites excluding steroid dienone is 1. The highest BCUT2D eigenvalue weighted by molar-refractivity contribution is 9.10. The summed E-state index contributed by atoms with van der Waals surface area (Å²) in [6.45, 7) is 6.49. The molecule has 2 aliphatic carbocycles. The first-order valence-corrected chi connectivity index (χ1v) is 20.7. The zero-order valence-corrected chi connectivity index (χ0v) is 33.3. The number of halogens is 2. The molecule has 3 fully saturated rings. The van der Waals surface area contributed by atoms with Gasteiger partial charge in [0.2, 0.25) is 27.7 Å². The van der Waals surface area contributed by atoms with Crippen molar-refractivity contribution in [3.63, 3.8) is 0 Å². The summed E-state index contributed by atoms with van der Waals surface area (Å²) in [4.78, 5) is 66.7. The van der Waals surface area contributed by atoms with Gasteiger partial charge in [0.25, 0.3) is 11.8 Å². The van der Waals surface area contributed by atoms with Crippen LogP contribution >= 0.6 is 15.9 Å². The van der Waals surface area contributed by atoms with Crippen molar-refractivity contribution < 1.29 is 41.2 Å². The topological polar surface area (TPSA) is 203 Å². The number of nitrogens with one attached hydrogen (secondary N) is 3. The van der Waals surface area contributed by atoms with Gasteiger partial charge in [0.15, 0.2) is 5.69 Å². The predicted molar refractivity (Wildman–Crippen MR) is 200 cm³/mol. The molecule has 55 heavy (non-hydrogen) atoms. The number of hydrogen-bond donors (Lipinski definition) is 3. The van der Waals surface area contributed by atoms with Crippen LogP contribution in [0.15, 0.2) is 33.3 Å². The fraction of sp³-hybridized carbons (Fsp3) is 0.541. The maximum Gasteiger partial charge on any atom is 0.274 e. The molecule has 2 aromatic heterocycles. The van der Waals surface area contributed by atoms with Crippen molar-refractivity contribution in [1.29, 1.82) is 0 Å². The molecular weight excluding hydrogens is 801 g/mol. The highest BCUT2D eigenvalue weighted by Crippen LogP contribution is 2.47. The monoisotopic (exact) mass is 843 g/mol. The number of nitrogens with zero attached hydrogens (tertiary/aromatic N) is 4. The third-order valence-electron chi connectivity index (χ3n) is 11.2. The standard InChI is InChI=1S/C37H43BrFN7O8S/c1-19-21(3)54-44-29(19)32(48)41-26-11-9-7-5-6-8-10-22-17-37(22,35(50)45-55(51,52)36(4)12-13-36)43-31(47)28-16-24(18-46(28)34(26)49)53-33-20(2)40-30-25(38)14-23(39)15-27(30)42-33/h8,10,14-15,22,24,26,28H,5-7,9,11-13,16-18H2,1-4H3,(H,41,48)(H,43,47)(H,45,50)/b10-8-/t22-,24-,26+,28+,37-/m1/s1. The summed E-state index contributed by atoms with van der Waals surface area (Å²) in [7, 11) is -4.02. The van der Waals surface area contributed by atoms with Crippen molar-refractivity contribution in [1.82, 2.24) is 35.4 Å². The smallest absolute Gasteiger partial charge is 0.274 e. The summed E-state index contributed by atoms with van der Waals surface area (Å²) in [6, 6.07) is 0.246. The number of sulfonamides is 1. The van der Waals surface area contributed by atoms with Crippen molar-refractivity contribution in [3.05, 3.63) is 57.3 Å². The van der Waals surface area contributed by atoms with E-state index < -0.39 is 73.9 Å². The molecule has 3 N–H and O–H groups in total. The number of benzene rings is 1. The average Bonchev–Trinajstić information content (AvgIpc) is 3.96. The number of rotatable bonds is 7. The summed E-state index contributed by atoms with van der Waals surface area (Å²) >= 11 is 3.32. The number of aryl methyl sites for hydroxylation is 2. The second-order valence-corrected chi connectivity index (χ2v) is 18.4. The van der Waals surface area contributed by atoms with Crippen LogP contribution in [-0.4, -0.2) is 87.1 Å². The summed E-state index contributed by atoms with van der Waals surface area (Å²) in [5, 5.41) is 9.54. The largest absolute Gasteiger partial charge is 0.471 e. The minimum absolute atomic E-state index is 0.0411. The van der Waals surface area contributed by atoms with E-state index in [0.717, 1.165) is 12.8 Å². The molecule has 294 valence electrons. The van der Waals surface area contributed by atoms with Gasteiger partial charge in [0.1, 0.15) is 46.5 Å². The first kappa shape index (κ1) is 38.8. The van der Waals surface area contributed by atoms with E-state index in [1.165, 1.54) is 17.0 Å². The Morgan fingerprint density at radius 1 is 1.13 bits per heavy atom. The number of ether oxygens (including phenoxy) is 1. The molecule has 7 rings (SSSR count). The van der Waals surface area contributed by atoms with Gasteiger partial charge in [-0.1, -0.05) is 30.2 Å². The molecule has 0 spiro atoms. The van der Waals surface area contributed by atoms with E-state index in [2.05, 4.69) is 46.4 Å². The van der Waals surface area contributed by atoms with E-state index in [-0.39, 0.29) is 42.9 Å². The number of carbonyl (C=O) groups is 4. The molecule has 0 radical (unpaired) electrons. The molecule has 18 heteroatoms. The Bertz CT molecular complexity index is 2230. The summed E-state index contributed by atoms with van der Waals surface area (Å²) < 4.78 is 53.6. The van der Waals surface area contributed by atoms with Crippen LogP contribution in [0.25, 0.3) is 11.0 Å². The first-order valence-electron chi connectivity index (χ1n) is 18.4. The Morgan fingerprint density at radius 3 is 2.60 bits per heavy atom. The van der Waals surface area contributed by atoms with Crippen molar-refractivity contribution in [2.45, 2.75) is 114 Å². The Kier molecular flexibility index (Phi) is 10.3. The average molecular weight is 845 g/mol. The maximum absolute atomic E-state index is 14.6. The van der Waals surface area contributed by atoms with Crippen LogP contribution in [-0.2, 0) is 24.4 Å². The molecule has 4 amide bonds. The van der Waals surface area contributed by atoms with Crippen molar-refractivity contribution >= 4 is 60.6 Å². The normalized spacial score (nSPS) is 27.2. The van der Waals surface area contributed by atoms with E-state index >= 15 is 0 Å². The summed E-state index contributed by atoms with van der Waals surface area (Å²) in [5.74, 6) is -3.15. The number of aromatic nitrogens is 3. The van der Waals surface area contributed by atoms with Crippen LogP contribution < -0.4 is 20.1 Å². The molecule has 4 heterocycles. The lowest BCUT2D eigenvalue weighted by atomic mass is 10.0. The molecule has 0 unspecified atom stereocenters. The van der Waals surface area contributed by atoms with E-state index in [9.17, 15) is 32.0 Å². The molecule has 1 saturated heterocycles. The molecule has 5 atom stereocenters. The van der Waals surface area contributed by atoms with Gasteiger partial charge in [-0.15, -0.1) is 0 Å². The molecule has 1 aromatic carbocycles. The first-order chi connectivity index (χ1) is 26.0. The fourth-order valence-corrected chi connectivity index (χ4v) is 9.05. The van der Waals surface area contributed by atoms with E-state index in [1.807, 2.05) is 12.2 Å². The van der Waals surface area contributed by atoms with Crippen molar-refractivity contribution in [2.24, 2.45) is 5.92 Å². The minimum Gasteiger partial charge on any atom is -0.471 e. The highest BCUT2D eigenvalue weighted by Gasteiger charge is 2.63. The van der Waals surface area contributed by atoms with Gasteiger partial charge in [0.05, 0.1) is 16.8 Å². The fourth-order valence-electron chi connectivity index (χ4n) is 7.23. The Hall–Kier alpha value is -4.45. The lowest BCUT2D eigenvalue weighted by Crippen LogP contribution is -2.58. The zero-order chi connectivity index (χ0) is 39.4.